The van der Waals surface area contributed by atoms with E-state index in [1.54, 1.807) is 0 Å². The normalized spacial score (nSPS) is 24.2. The standard InChI is InChI=1S/C19H30N2/c1-16(2)18-9-7-17(8-10-18)14-21-13-5-6-19(21)15-20-11-3-4-12-20/h7-10,16,19H,3-6,11-15H2,1-2H3. The fourth-order valence-electron chi connectivity index (χ4n) is 3.82. The Morgan fingerprint density at radius 1 is 1.00 bits per heavy atom. The summed E-state index contributed by atoms with van der Waals surface area (Å²) >= 11 is 0. The maximum Gasteiger partial charge on any atom is 0.0237 e. The summed E-state index contributed by atoms with van der Waals surface area (Å²) in [6.07, 6.45) is 5.58. The van der Waals surface area contributed by atoms with E-state index in [4.69, 9.17) is 0 Å². The topological polar surface area (TPSA) is 6.48 Å². The molecule has 2 saturated heterocycles. The van der Waals surface area contributed by atoms with Crippen molar-refractivity contribution in [3.8, 4) is 0 Å². The van der Waals surface area contributed by atoms with Crippen molar-refractivity contribution < 1.29 is 0 Å². The van der Waals surface area contributed by atoms with E-state index in [0.29, 0.717) is 5.92 Å². The number of benzene rings is 1. The van der Waals surface area contributed by atoms with Crippen LogP contribution in [0.2, 0.25) is 0 Å². The Kier molecular flexibility index (Phi) is 4.97. The Labute approximate surface area is 130 Å². The van der Waals surface area contributed by atoms with Gasteiger partial charge < -0.3 is 4.90 Å². The molecule has 1 unspecified atom stereocenters. The molecule has 2 aliphatic rings. The van der Waals surface area contributed by atoms with E-state index in [1.807, 2.05) is 0 Å². The van der Waals surface area contributed by atoms with Crippen LogP contribution in [0, 0.1) is 0 Å². The van der Waals surface area contributed by atoms with Gasteiger partial charge in [-0.15, -0.1) is 0 Å². The summed E-state index contributed by atoms with van der Waals surface area (Å²) in [5.41, 5.74) is 2.93. The third kappa shape index (κ3) is 3.87. The summed E-state index contributed by atoms with van der Waals surface area (Å²) in [7, 11) is 0. The van der Waals surface area contributed by atoms with Crippen LogP contribution < -0.4 is 0 Å². The average molecular weight is 286 g/mol. The first-order chi connectivity index (χ1) is 10.2. The molecule has 2 nitrogen and oxygen atoms in total. The van der Waals surface area contributed by atoms with Crippen LogP contribution in [0.5, 0.6) is 0 Å². The lowest BCUT2D eigenvalue weighted by Gasteiger charge is -2.28. The number of likely N-dealkylation sites (tertiary alicyclic amines) is 2. The van der Waals surface area contributed by atoms with Gasteiger partial charge in [0.25, 0.3) is 0 Å². The van der Waals surface area contributed by atoms with Gasteiger partial charge in [0.1, 0.15) is 0 Å². The molecule has 1 aromatic carbocycles. The van der Waals surface area contributed by atoms with E-state index in [-0.39, 0.29) is 0 Å². The molecule has 0 bridgehead atoms. The van der Waals surface area contributed by atoms with Crippen LogP contribution in [-0.4, -0.2) is 42.0 Å². The van der Waals surface area contributed by atoms with Crippen LogP contribution in [0.3, 0.4) is 0 Å². The molecule has 2 fully saturated rings. The van der Waals surface area contributed by atoms with E-state index in [9.17, 15) is 0 Å². The van der Waals surface area contributed by atoms with Crippen molar-refractivity contribution in [1.29, 1.82) is 0 Å². The van der Waals surface area contributed by atoms with Crippen molar-refractivity contribution >= 4 is 0 Å². The van der Waals surface area contributed by atoms with Gasteiger partial charge in [-0.05, 0) is 62.4 Å². The molecule has 1 atom stereocenters. The molecule has 1 aromatic rings. The first-order valence-corrected chi connectivity index (χ1v) is 8.77. The van der Waals surface area contributed by atoms with Crippen molar-refractivity contribution in [2.75, 3.05) is 26.2 Å². The molecule has 2 heteroatoms. The lowest BCUT2D eigenvalue weighted by atomic mass is 10.0. The summed E-state index contributed by atoms with van der Waals surface area (Å²) in [6, 6.07) is 10.1. The van der Waals surface area contributed by atoms with E-state index >= 15 is 0 Å². The largest absolute Gasteiger partial charge is 0.302 e. The number of hydrogen-bond donors (Lipinski definition) is 0. The number of nitrogens with zero attached hydrogens (tertiary/aromatic N) is 2. The third-order valence-electron chi connectivity index (χ3n) is 5.20. The second-order valence-electron chi connectivity index (χ2n) is 7.17. The zero-order valence-corrected chi connectivity index (χ0v) is 13.7. The Morgan fingerprint density at radius 3 is 2.38 bits per heavy atom. The summed E-state index contributed by atoms with van der Waals surface area (Å²) in [6.45, 7) is 10.9. The Bertz CT molecular complexity index is 431. The van der Waals surface area contributed by atoms with E-state index in [0.717, 1.165) is 12.6 Å². The van der Waals surface area contributed by atoms with Gasteiger partial charge in [0.15, 0.2) is 0 Å². The van der Waals surface area contributed by atoms with Gasteiger partial charge in [-0.2, -0.15) is 0 Å². The maximum atomic E-state index is 2.71. The minimum absolute atomic E-state index is 0.633. The first-order valence-electron chi connectivity index (χ1n) is 8.77. The van der Waals surface area contributed by atoms with Crippen LogP contribution in [0.4, 0.5) is 0 Å². The quantitative estimate of drug-likeness (QED) is 0.811. The van der Waals surface area contributed by atoms with E-state index in [2.05, 4.69) is 47.9 Å². The fraction of sp³-hybridized carbons (Fsp3) is 0.684. The molecule has 0 spiro atoms. The summed E-state index contributed by atoms with van der Waals surface area (Å²) in [5, 5.41) is 0. The highest BCUT2D eigenvalue weighted by molar-refractivity contribution is 5.24. The van der Waals surface area contributed by atoms with Gasteiger partial charge in [-0.1, -0.05) is 38.1 Å². The van der Waals surface area contributed by atoms with Crippen LogP contribution in [0.15, 0.2) is 24.3 Å². The van der Waals surface area contributed by atoms with E-state index < -0.39 is 0 Å². The molecular weight excluding hydrogens is 256 g/mol. The molecule has 116 valence electrons. The molecule has 2 aliphatic heterocycles. The summed E-state index contributed by atoms with van der Waals surface area (Å²) in [4.78, 5) is 5.38. The number of hydrogen-bond acceptors (Lipinski definition) is 2. The zero-order valence-electron chi connectivity index (χ0n) is 13.7. The number of rotatable bonds is 5. The molecule has 3 rings (SSSR count). The molecule has 2 heterocycles. The predicted octanol–water partition coefficient (Wildman–Crippen LogP) is 3.87. The fourth-order valence-corrected chi connectivity index (χ4v) is 3.82. The van der Waals surface area contributed by atoms with Gasteiger partial charge in [-0.3, -0.25) is 4.90 Å². The van der Waals surface area contributed by atoms with Crippen molar-refractivity contribution in [3.05, 3.63) is 35.4 Å². The summed E-state index contributed by atoms with van der Waals surface area (Å²) in [5.74, 6) is 0.633. The molecule has 0 radical (unpaired) electrons. The molecule has 0 saturated carbocycles. The van der Waals surface area contributed by atoms with Gasteiger partial charge in [0.2, 0.25) is 0 Å². The Balaban J connectivity index is 1.57. The van der Waals surface area contributed by atoms with Crippen molar-refractivity contribution in [1.82, 2.24) is 9.80 Å². The highest BCUT2D eigenvalue weighted by Crippen LogP contribution is 2.23. The van der Waals surface area contributed by atoms with Crippen molar-refractivity contribution in [2.24, 2.45) is 0 Å². The molecule has 0 aromatic heterocycles. The second kappa shape index (κ2) is 6.93. The van der Waals surface area contributed by atoms with Crippen LogP contribution in [0.1, 0.15) is 56.6 Å². The molecule has 0 aliphatic carbocycles. The predicted molar refractivity (Wildman–Crippen MR) is 89.6 cm³/mol. The highest BCUT2D eigenvalue weighted by atomic mass is 15.2. The van der Waals surface area contributed by atoms with Gasteiger partial charge in [-0.25, -0.2) is 0 Å². The Hall–Kier alpha value is -0.860. The zero-order chi connectivity index (χ0) is 14.7. The van der Waals surface area contributed by atoms with Crippen LogP contribution in [-0.2, 0) is 6.54 Å². The lowest BCUT2D eigenvalue weighted by Crippen LogP contribution is -2.38. The van der Waals surface area contributed by atoms with Gasteiger partial charge in [0, 0.05) is 19.1 Å². The molecule has 0 amide bonds. The molecule has 0 N–H and O–H groups in total. The maximum absolute atomic E-state index is 2.71. The minimum Gasteiger partial charge on any atom is -0.302 e. The smallest absolute Gasteiger partial charge is 0.0237 e. The lowest BCUT2D eigenvalue weighted by molar-refractivity contribution is 0.185. The summed E-state index contributed by atoms with van der Waals surface area (Å²) < 4.78 is 0. The van der Waals surface area contributed by atoms with Crippen molar-refractivity contribution in [3.63, 3.8) is 0 Å². The van der Waals surface area contributed by atoms with Crippen LogP contribution >= 0.6 is 0 Å². The second-order valence-corrected chi connectivity index (χ2v) is 7.17. The minimum atomic E-state index is 0.633. The Morgan fingerprint density at radius 2 is 1.71 bits per heavy atom. The average Bonchev–Trinajstić information content (AvgIpc) is 3.13. The monoisotopic (exact) mass is 286 g/mol. The first kappa shape index (κ1) is 15.1. The van der Waals surface area contributed by atoms with E-state index in [1.165, 1.54) is 63.0 Å². The highest BCUT2D eigenvalue weighted by Gasteiger charge is 2.27. The molecule has 21 heavy (non-hydrogen) atoms. The van der Waals surface area contributed by atoms with Crippen LogP contribution in [0.25, 0.3) is 0 Å². The SMILES string of the molecule is CC(C)c1ccc(CN2CCCC2CN2CCCC2)cc1. The van der Waals surface area contributed by atoms with Gasteiger partial charge >= 0.3 is 0 Å². The third-order valence-corrected chi connectivity index (χ3v) is 5.20. The van der Waals surface area contributed by atoms with Gasteiger partial charge in [0.05, 0.1) is 0 Å². The van der Waals surface area contributed by atoms with Crippen molar-refractivity contribution in [2.45, 2.75) is 58.0 Å². The molecular formula is C19H30N2.